The van der Waals surface area contributed by atoms with Gasteiger partial charge >= 0.3 is 0 Å². The van der Waals surface area contributed by atoms with Crippen molar-refractivity contribution < 1.29 is 44.2 Å². The number of nitrogens with one attached hydrogen (secondary N) is 5. The highest BCUT2D eigenvalue weighted by Gasteiger charge is 2.49. The van der Waals surface area contributed by atoms with Crippen LogP contribution >= 0.6 is 0 Å². The number of hydrogen-bond donors (Lipinski definition) is 5. The van der Waals surface area contributed by atoms with Crippen LogP contribution in [0.25, 0.3) is 5.57 Å². The molecule has 30 nitrogen and oxygen atoms in total. The van der Waals surface area contributed by atoms with Crippen molar-refractivity contribution in [2.24, 2.45) is 16.8 Å². The van der Waals surface area contributed by atoms with Gasteiger partial charge in [0, 0.05) is 233 Å². The van der Waals surface area contributed by atoms with Crippen molar-refractivity contribution in [1.82, 2.24) is 44.8 Å². The van der Waals surface area contributed by atoms with Crippen molar-refractivity contribution in [2.75, 3.05) is 199 Å². The van der Waals surface area contributed by atoms with Crippen LogP contribution in [0, 0.1) is 11.8 Å². The summed E-state index contributed by atoms with van der Waals surface area (Å²) in [5.41, 5.74) is 13.6. The summed E-state index contributed by atoms with van der Waals surface area (Å²) in [6.07, 6.45) is 28.5. The first-order valence-electron chi connectivity index (χ1n) is 46.8. The van der Waals surface area contributed by atoms with Crippen LogP contribution in [-0.2, 0) is 115 Å². The molecule has 4 aromatic heterocycles. The van der Waals surface area contributed by atoms with Crippen LogP contribution in [-0.4, -0.2) is 248 Å². The van der Waals surface area contributed by atoms with E-state index >= 15 is 0 Å². The number of para-hydroxylation sites is 2. The van der Waals surface area contributed by atoms with Gasteiger partial charge in [0.05, 0.1) is 89.3 Å². The number of ether oxygens (including phenoxy) is 4. The Morgan fingerprint density at radius 2 is 0.845 bits per heavy atom. The molecule has 16 aliphatic rings. The molecule has 0 bridgehead atoms. The Morgan fingerprint density at radius 1 is 0.457 bits per heavy atom. The van der Waals surface area contributed by atoms with E-state index in [0.717, 1.165) is 340 Å². The quantitative estimate of drug-likeness (QED) is 0.0636. The van der Waals surface area contributed by atoms with Crippen molar-refractivity contribution in [1.29, 1.82) is 0 Å². The SMILES string of the molecule is C=C1Nc2ccccc2C2(CCN(c3nc4c(c(NC5CCOCC5)n3)S(=O)CC4)CC2)N1C.CS(=O)(=O)N1CC2(CCN(c3nc4c(c(NC5CCOCC5)n3)S(=O)CC4)CC2)c2ccccc21.O=S1CCc2nc(N3CCC(C4=CCC=N4)CC3)nc(NC3CCOCC3)c21.O=S1CCc2nc(N3CCC(C4=CCc5ccccc54)CC3)nc(NC3CCOCC3)c21. The van der Waals surface area contributed by atoms with Crippen molar-refractivity contribution in [3.8, 4) is 0 Å². The van der Waals surface area contributed by atoms with Crippen molar-refractivity contribution in [2.45, 2.75) is 196 Å². The van der Waals surface area contributed by atoms with Crippen LogP contribution in [0.3, 0.4) is 0 Å². The summed E-state index contributed by atoms with van der Waals surface area (Å²) < 4.78 is 99.2. The van der Waals surface area contributed by atoms with Gasteiger partial charge in [0.2, 0.25) is 33.8 Å². The molecule has 5 N–H and O–H groups in total. The van der Waals surface area contributed by atoms with E-state index in [1.165, 1.54) is 34.2 Å². The zero-order valence-corrected chi connectivity index (χ0v) is 78.2. The molecule has 1 aliphatic carbocycles. The number of aryl methyl sites for hydroxylation is 4. The van der Waals surface area contributed by atoms with Crippen molar-refractivity contribution in [3.05, 3.63) is 148 Å². The normalized spacial score (nSPS) is 24.3. The monoisotopic (exact) mass is 1850 g/mol. The van der Waals surface area contributed by atoms with Gasteiger partial charge < -0.3 is 70.0 Å². The lowest BCUT2D eigenvalue weighted by Gasteiger charge is -2.52. The fraction of sp³-hybridized carbons (Fsp3) is 0.564. The number of hydrogen-bond acceptors (Lipinski definition) is 29. The van der Waals surface area contributed by atoms with Crippen molar-refractivity contribution >= 4 is 123 Å². The van der Waals surface area contributed by atoms with Crippen LogP contribution in [0.15, 0.2) is 128 Å². The zero-order valence-electron chi connectivity index (χ0n) is 74.1. The molecular weight excluding hydrogens is 1730 g/mol. The van der Waals surface area contributed by atoms with Gasteiger partial charge in [-0.3, -0.25) is 26.1 Å². The summed E-state index contributed by atoms with van der Waals surface area (Å²) in [6.45, 7) is 17.8. The van der Waals surface area contributed by atoms with E-state index in [1.54, 1.807) is 4.31 Å². The highest BCUT2D eigenvalue weighted by molar-refractivity contribution is 7.92. The maximum Gasteiger partial charge on any atom is 0.232 e. The van der Waals surface area contributed by atoms with Crippen LogP contribution in [0.4, 0.5) is 58.4 Å². The molecule has 8 fully saturated rings. The highest BCUT2D eigenvalue weighted by Crippen LogP contribution is 2.51. The standard InChI is InChI=1S/C25H32N6O2S.C25H30N4O2S.C24H31N5O4S2.C20H27N5O2S/c1-17-26-20-6-4-3-5-19(20)25(30(17)2)10-12-31(13-11-25)24-28-21-9-16-34(32)22(21)23(29-24)27-18-7-14-33-15-8-18;30-32-16-11-22-23(32)24(26-19-9-14-31-15-10-19)28-25(27-22)29-12-7-18(8-13-29)21-6-5-17-3-1-2-4-20(17)21;1-35(31,32)29-16-24(18-4-2-3-5-20(18)29)9-11-28(12-10-24)23-26-19-8-15-34(30)21(19)22(27-23)25-17-6-13-33-14-7-17;26-28-13-7-17-18(28)19(22-15-5-11-27-12-6-15)24-20(23-17)25-9-3-14(4-10-25)16-2-1-8-21-16/h3-6,18,26H,1,7-16H2,2H3,(H,27,28,29);1-4,6,18-19H,5,7-16H2,(H,26,27,28);2-5,17H,6-16H2,1H3,(H,25,26,27);2,8,14-15H,1,3-7,9-13H2,(H,22,23,24). The third-order valence-electron chi connectivity index (χ3n) is 29.1. The van der Waals surface area contributed by atoms with Crippen LogP contribution in [0.1, 0.15) is 154 Å². The predicted octanol–water partition coefficient (Wildman–Crippen LogP) is 11.0. The molecule has 35 heteroatoms. The molecule has 3 aromatic carbocycles. The van der Waals surface area contributed by atoms with Gasteiger partial charge in [0.15, 0.2) is 0 Å². The van der Waals surface area contributed by atoms with Crippen LogP contribution < -0.4 is 50.5 Å². The lowest BCUT2D eigenvalue weighted by Crippen LogP contribution is -2.54. The van der Waals surface area contributed by atoms with E-state index in [0.29, 0.717) is 77.7 Å². The molecular formula is C94H120N20O10S5. The molecule has 4 atom stereocenters. The minimum absolute atomic E-state index is 0.0865. The second kappa shape index (κ2) is 38.3. The van der Waals surface area contributed by atoms with E-state index in [4.69, 9.17) is 58.8 Å². The smallest absolute Gasteiger partial charge is 0.232 e. The molecule has 0 saturated carbocycles. The van der Waals surface area contributed by atoms with E-state index in [2.05, 4.69) is 136 Å². The number of aliphatic imine (C=N–C) groups is 1. The van der Waals surface area contributed by atoms with Gasteiger partial charge in [-0.15, -0.1) is 0 Å². The van der Waals surface area contributed by atoms with Gasteiger partial charge in [0.25, 0.3) is 0 Å². The maximum absolute atomic E-state index is 12.7. The van der Waals surface area contributed by atoms with E-state index in [-0.39, 0.29) is 17.0 Å². The first-order valence-corrected chi connectivity index (χ1v) is 54.0. The molecule has 129 heavy (non-hydrogen) atoms. The Kier molecular flexibility index (Phi) is 26.2. The largest absolute Gasteiger partial charge is 0.381 e. The fourth-order valence-electron chi connectivity index (χ4n) is 21.8. The number of anilines is 10. The first kappa shape index (κ1) is 88.0. The van der Waals surface area contributed by atoms with E-state index in [9.17, 15) is 25.3 Å². The summed E-state index contributed by atoms with van der Waals surface area (Å²) in [7, 11) is -5.30. The molecule has 7 aromatic rings. The van der Waals surface area contributed by atoms with Gasteiger partial charge in [-0.25, -0.2) is 28.4 Å². The number of piperidine rings is 4. The topological polar surface area (TPSA) is 334 Å². The number of aromatic nitrogens is 8. The Hall–Kier alpha value is -8.94. The number of allylic oxidation sites excluding steroid dienone is 4. The van der Waals surface area contributed by atoms with Crippen LogP contribution in [0.5, 0.6) is 0 Å². The Labute approximate surface area is 766 Å². The van der Waals surface area contributed by atoms with Gasteiger partial charge in [0.1, 0.15) is 42.9 Å². The summed E-state index contributed by atoms with van der Waals surface area (Å²) >= 11 is 0. The Balaban J connectivity index is 0.000000108. The molecule has 8 saturated heterocycles. The summed E-state index contributed by atoms with van der Waals surface area (Å²) in [5.74, 6) is 10.7. The molecule has 0 radical (unpaired) electrons. The second-order valence-electron chi connectivity index (χ2n) is 36.9. The molecule has 686 valence electrons. The molecule has 23 rings (SSSR count). The maximum atomic E-state index is 12.7. The highest BCUT2D eigenvalue weighted by atomic mass is 32.2. The van der Waals surface area contributed by atoms with Crippen molar-refractivity contribution in [3.63, 3.8) is 0 Å². The van der Waals surface area contributed by atoms with E-state index in [1.807, 2.05) is 24.4 Å². The number of fused-ring (bicyclic) bond motifs is 9. The van der Waals surface area contributed by atoms with Gasteiger partial charge in [-0.1, -0.05) is 79.4 Å². The molecule has 15 aliphatic heterocycles. The number of rotatable bonds is 15. The molecule has 19 heterocycles. The molecule has 2 spiro atoms. The Bertz CT molecular complexity index is 5670. The number of sulfonamides is 1. The minimum atomic E-state index is -3.34. The van der Waals surface area contributed by atoms with Gasteiger partial charge in [-0.2, -0.15) is 19.9 Å². The number of nitrogens with zero attached hydrogens (tertiary/aromatic N) is 15. The third-order valence-corrected chi connectivity index (χ3v) is 36.1. The zero-order chi connectivity index (χ0) is 87.9. The first-order chi connectivity index (χ1) is 62.9. The average molecular weight is 1850 g/mol. The minimum Gasteiger partial charge on any atom is -0.381 e. The Morgan fingerprint density at radius 3 is 1.27 bits per heavy atom. The fourth-order valence-corrected chi connectivity index (χ4v) is 28.0. The lowest BCUT2D eigenvalue weighted by atomic mass is 9.74. The predicted molar refractivity (Wildman–Crippen MR) is 509 cm³/mol. The molecule has 0 amide bonds. The average Bonchev–Trinajstić information content (AvgIpc) is 1.66. The molecule has 4 unspecified atom stereocenters. The van der Waals surface area contributed by atoms with Gasteiger partial charge in [-0.05, 0) is 149 Å². The number of benzene rings is 3. The lowest BCUT2D eigenvalue weighted by molar-refractivity contribution is 0.0902. The summed E-state index contributed by atoms with van der Waals surface area (Å²) in [5, 5.41) is 17.8. The van der Waals surface area contributed by atoms with E-state index < -0.39 is 53.2 Å². The third kappa shape index (κ3) is 18.5. The summed E-state index contributed by atoms with van der Waals surface area (Å²) in [4.78, 5) is 58.3. The van der Waals surface area contributed by atoms with Crippen LogP contribution in [0.2, 0.25) is 0 Å². The summed E-state index contributed by atoms with van der Waals surface area (Å²) in [6, 6.07) is 26.5. The second-order valence-corrected chi connectivity index (χ2v) is 44.8.